The van der Waals surface area contributed by atoms with Crippen LogP contribution in [-0.2, 0) is 16.1 Å². The molecule has 2 aromatic rings. The highest BCUT2D eigenvalue weighted by Gasteiger charge is 2.17. The average Bonchev–Trinajstić information content (AvgIpc) is 2.55. The van der Waals surface area contributed by atoms with Gasteiger partial charge in [0.05, 0.1) is 5.69 Å². The van der Waals surface area contributed by atoms with Gasteiger partial charge in [-0.05, 0) is 45.0 Å². The number of amides is 2. The first-order valence-electron chi connectivity index (χ1n) is 8.39. The minimum atomic E-state index is -0.685. The molecule has 1 heterocycles. The van der Waals surface area contributed by atoms with Crippen LogP contribution in [0.3, 0.4) is 0 Å². The maximum absolute atomic E-state index is 14.0. The van der Waals surface area contributed by atoms with Crippen LogP contribution in [0.2, 0.25) is 0 Å². The Morgan fingerprint density at radius 3 is 2.56 bits per heavy atom. The van der Waals surface area contributed by atoms with Crippen molar-refractivity contribution in [1.82, 2.24) is 4.57 Å². The maximum Gasteiger partial charge on any atom is 0.412 e. The smallest absolute Gasteiger partial charge is 0.412 e. The lowest BCUT2D eigenvalue weighted by atomic mass is 10.2. The van der Waals surface area contributed by atoms with Gasteiger partial charge >= 0.3 is 6.09 Å². The van der Waals surface area contributed by atoms with E-state index in [-0.39, 0.29) is 29.9 Å². The quantitative estimate of drug-likeness (QED) is 0.839. The summed E-state index contributed by atoms with van der Waals surface area (Å²) in [6, 6.07) is 8.47. The molecule has 0 spiro atoms. The van der Waals surface area contributed by atoms with E-state index in [1.807, 2.05) is 0 Å². The summed E-state index contributed by atoms with van der Waals surface area (Å²) in [5.74, 6) is -1.10. The Morgan fingerprint density at radius 2 is 1.89 bits per heavy atom. The number of ether oxygens (including phenoxy) is 1. The van der Waals surface area contributed by atoms with Crippen LogP contribution in [-0.4, -0.2) is 22.2 Å². The fourth-order valence-corrected chi connectivity index (χ4v) is 2.20. The lowest BCUT2D eigenvalue weighted by Crippen LogP contribution is -2.27. The topological polar surface area (TPSA) is 89.4 Å². The van der Waals surface area contributed by atoms with Crippen LogP contribution in [0, 0.1) is 5.82 Å². The normalized spacial score (nSPS) is 11.0. The molecule has 0 unspecified atom stereocenters. The number of carbonyl (C=O) groups is 2. The fraction of sp³-hybridized carbons (Fsp3) is 0.316. The molecule has 0 saturated heterocycles. The van der Waals surface area contributed by atoms with Gasteiger partial charge in [0, 0.05) is 30.9 Å². The number of hydrogen-bond donors (Lipinski definition) is 2. The van der Waals surface area contributed by atoms with Crippen molar-refractivity contribution in [3.63, 3.8) is 0 Å². The molecule has 0 radical (unpaired) electrons. The summed E-state index contributed by atoms with van der Waals surface area (Å²) >= 11 is 0. The van der Waals surface area contributed by atoms with E-state index in [9.17, 15) is 18.8 Å². The van der Waals surface area contributed by atoms with Crippen molar-refractivity contribution in [2.75, 3.05) is 10.6 Å². The number of pyridine rings is 1. The maximum atomic E-state index is 14.0. The minimum Gasteiger partial charge on any atom is -0.444 e. The van der Waals surface area contributed by atoms with Crippen molar-refractivity contribution in [2.45, 2.75) is 39.3 Å². The van der Waals surface area contributed by atoms with Crippen LogP contribution in [0.4, 0.5) is 20.6 Å². The molecule has 2 amide bonds. The highest BCUT2D eigenvalue weighted by Crippen LogP contribution is 2.20. The first-order chi connectivity index (χ1) is 12.6. The summed E-state index contributed by atoms with van der Waals surface area (Å²) in [7, 11) is 0. The largest absolute Gasteiger partial charge is 0.444 e. The number of halogens is 1. The van der Waals surface area contributed by atoms with E-state index in [0.717, 1.165) is 6.07 Å². The lowest BCUT2D eigenvalue weighted by Gasteiger charge is -2.19. The summed E-state index contributed by atoms with van der Waals surface area (Å²) in [4.78, 5) is 35.5. The highest BCUT2D eigenvalue weighted by molar-refractivity contribution is 5.92. The number of nitrogens with one attached hydrogen (secondary N) is 2. The molecule has 7 nitrogen and oxygen atoms in total. The standard InChI is InChI=1S/C19H22FN3O4/c1-19(2,3)27-18(26)21-13-7-8-14(20)15(12-13)22-16(24)9-11-23-10-5-4-6-17(23)25/h4-8,10,12H,9,11H2,1-3H3,(H,21,26)(H,22,24). The molecule has 27 heavy (non-hydrogen) atoms. The van der Waals surface area contributed by atoms with Gasteiger partial charge in [0.2, 0.25) is 5.91 Å². The van der Waals surface area contributed by atoms with Gasteiger partial charge in [-0.15, -0.1) is 0 Å². The molecule has 8 heteroatoms. The van der Waals surface area contributed by atoms with E-state index in [2.05, 4.69) is 10.6 Å². The Labute approximate surface area is 156 Å². The summed E-state index contributed by atoms with van der Waals surface area (Å²) in [5, 5.41) is 4.92. The van der Waals surface area contributed by atoms with Gasteiger partial charge in [-0.25, -0.2) is 9.18 Å². The summed E-state index contributed by atoms with van der Waals surface area (Å²) in [5.41, 5.74) is -0.689. The van der Waals surface area contributed by atoms with Crippen LogP contribution in [0.25, 0.3) is 0 Å². The SMILES string of the molecule is CC(C)(C)OC(=O)Nc1ccc(F)c(NC(=O)CCn2ccccc2=O)c1. The summed E-state index contributed by atoms with van der Waals surface area (Å²) in [6.45, 7) is 5.34. The van der Waals surface area contributed by atoms with Gasteiger partial charge in [-0.3, -0.25) is 14.9 Å². The van der Waals surface area contributed by atoms with Crippen LogP contribution in [0.5, 0.6) is 0 Å². The number of benzene rings is 1. The Morgan fingerprint density at radius 1 is 1.15 bits per heavy atom. The number of hydrogen-bond acceptors (Lipinski definition) is 4. The second-order valence-corrected chi connectivity index (χ2v) is 6.85. The monoisotopic (exact) mass is 375 g/mol. The van der Waals surface area contributed by atoms with Crippen LogP contribution >= 0.6 is 0 Å². The number of aromatic nitrogens is 1. The third kappa shape index (κ3) is 6.58. The first-order valence-corrected chi connectivity index (χ1v) is 8.39. The summed E-state index contributed by atoms with van der Waals surface area (Å²) in [6.07, 6.45) is 0.879. The van der Waals surface area contributed by atoms with Crippen LogP contribution in [0.1, 0.15) is 27.2 Å². The van der Waals surface area contributed by atoms with Gasteiger partial charge in [-0.2, -0.15) is 0 Å². The average molecular weight is 375 g/mol. The van der Waals surface area contributed by atoms with E-state index in [1.165, 1.54) is 22.8 Å². The van der Waals surface area contributed by atoms with Crippen molar-refractivity contribution < 1.29 is 18.7 Å². The molecular weight excluding hydrogens is 353 g/mol. The van der Waals surface area contributed by atoms with E-state index >= 15 is 0 Å². The van der Waals surface area contributed by atoms with Crippen molar-refractivity contribution in [1.29, 1.82) is 0 Å². The van der Waals surface area contributed by atoms with Crippen molar-refractivity contribution in [3.05, 3.63) is 58.8 Å². The minimum absolute atomic E-state index is 0.00686. The van der Waals surface area contributed by atoms with Crippen molar-refractivity contribution in [2.24, 2.45) is 0 Å². The van der Waals surface area contributed by atoms with Gasteiger partial charge in [0.15, 0.2) is 0 Å². The van der Waals surface area contributed by atoms with Crippen molar-refractivity contribution >= 4 is 23.4 Å². The zero-order valence-electron chi connectivity index (χ0n) is 15.4. The molecule has 0 aliphatic carbocycles. The Kier molecular flexibility index (Phi) is 6.33. The highest BCUT2D eigenvalue weighted by atomic mass is 19.1. The number of carbonyl (C=O) groups excluding carboxylic acids is 2. The van der Waals surface area contributed by atoms with Crippen LogP contribution < -0.4 is 16.2 Å². The third-order valence-electron chi connectivity index (χ3n) is 3.36. The number of rotatable bonds is 5. The lowest BCUT2D eigenvalue weighted by molar-refractivity contribution is -0.116. The zero-order chi connectivity index (χ0) is 20.0. The van der Waals surface area contributed by atoms with Gasteiger partial charge in [0.25, 0.3) is 5.56 Å². The molecule has 0 saturated carbocycles. The molecule has 0 bridgehead atoms. The molecule has 2 N–H and O–H groups in total. The first kappa shape index (κ1) is 20.2. The zero-order valence-corrected chi connectivity index (χ0v) is 15.4. The number of anilines is 2. The van der Waals surface area contributed by atoms with E-state index < -0.39 is 23.4 Å². The molecule has 0 fully saturated rings. The van der Waals surface area contributed by atoms with Crippen LogP contribution in [0.15, 0.2) is 47.4 Å². The molecule has 0 atom stereocenters. The van der Waals surface area contributed by atoms with Crippen molar-refractivity contribution in [3.8, 4) is 0 Å². The predicted octanol–water partition coefficient (Wildman–Crippen LogP) is 3.36. The number of nitrogens with zero attached hydrogens (tertiary/aromatic N) is 1. The molecule has 2 rings (SSSR count). The molecule has 0 aliphatic heterocycles. The second-order valence-electron chi connectivity index (χ2n) is 6.85. The molecule has 1 aromatic carbocycles. The van der Waals surface area contributed by atoms with E-state index in [1.54, 1.807) is 39.1 Å². The molecule has 0 aliphatic rings. The molecule has 144 valence electrons. The molecular formula is C19H22FN3O4. The Bertz CT molecular complexity index is 887. The third-order valence-corrected chi connectivity index (χ3v) is 3.36. The second kappa shape index (κ2) is 8.48. The fourth-order valence-electron chi connectivity index (χ4n) is 2.20. The predicted molar refractivity (Wildman–Crippen MR) is 100 cm³/mol. The van der Waals surface area contributed by atoms with E-state index in [4.69, 9.17) is 4.74 Å². The Hall–Kier alpha value is -3.16. The molecule has 1 aromatic heterocycles. The summed E-state index contributed by atoms with van der Waals surface area (Å²) < 4.78 is 20.5. The Balaban J connectivity index is 1.99. The van der Waals surface area contributed by atoms with Gasteiger partial charge in [0.1, 0.15) is 11.4 Å². The van der Waals surface area contributed by atoms with E-state index in [0.29, 0.717) is 0 Å². The van der Waals surface area contributed by atoms with Gasteiger partial charge < -0.3 is 14.6 Å². The van der Waals surface area contributed by atoms with Gasteiger partial charge in [-0.1, -0.05) is 6.07 Å². The number of aryl methyl sites for hydroxylation is 1.